The van der Waals surface area contributed by atoms with Crippen molar-refractivity contribution in [2.45, 2.75) is 20.3 Å². The van der Waals surface area contributed by atoms with Crippen LogP contribution in [0.3, 0.4) is 0 Å². The number of amides is 1. The molecule has 0 bridgehead atoms. The van der Waals surface area contributed by atoms with Crippen LogP contribution in [-0.4, -0.2) is 40.6 Å². The molecule has 0 saturated carbocycles. The van der Waals surface area contributed by atoms with Crippen LogP contribution in [0.1, 0.15) is 29.4 Å². The number of nitrogens with zero attached hydrogens (tertiary/aromatic N) is 2. The van der Waals surface area contributed by atoms with Gasteiger partial charge in [0, 0.05) is 30.8 Å². The molecule has 2 rings (SSSR count). The van der Waals surface area contributed by atoms with Gasteiger partial charge >= 0.3 is 0 Å². The third-order valence-corrected chi connectivity index (χ3v) is 3.33. The summed E-state index contributed by atoms with van der Waals surface area (Å²) in [5.74, 6) is 0.00245. The van der Waals surface area contributed by atoms with E-state index in [1.165, 1.54) is 0 Å². The Morgan fingerprint density at radius 2 is 2.10 bits per heavy atom. The first-order chi connectivity index (χ1) is 9.67. The van der Waals surface area contributed by atoms with Crippen molar-refractivity contribution < 1.29 is 9.90 Å². The number of hydrogen-bond donors (Lipinski definition) is 1. The highest BCUT2D eigenvalue weighted by Crippen LogP contribution is 2.20. The minimum Gasteiger partial charge on any atom is -0.396 e. The van der Waals surface area contributed by atoms with Crippen molar-refractivity contribution in [3.05, 3.63) is 41.6 Å². The van der Waals surface area contributed by atoms with Gasteiger partial charge in [0.15, 0.2) is 0 Å². The molecule has 0 aliphatic heterocycles. The van der Waals surface area contributed by atoms with Gasteiger partial charge in [0.2, 0.25) is 0 Å². The summed E-state index contributed by atoms with van der Waals surface area (Å²) in [6.07, 6.45) is 0.599. The summed E-state index contributed by atoms with van der Waals surface area (Å²) in [5.41, 5.74) is 2.37. The summed E-state index contributed by atoms with van der Waals surface area (Å²) < 4.78 is 0. The number of aromatic nitrogens is 1. The molecule has 0 aliphatic rings. The van der Waals surface area contributed by atoms with E-state index in [0.29, 0.717) is 25.1 Å². The summed E-state index contributed by atoms with van der Waals surface area (Å²) in [6, 6.07) is 9.52. The van der Waals surface area contributed by atoms with Crippen LogP contribution in [0.4, 0.5) is 0 Å². The number of aliphatic hydroxyl groups excluding tert-OH is 1. The van der Waals surface area contributed by atoms with E-state index in [4.69, 9.17) is 5.11 Å². The summed E-state index contributed by atoms with van der Waals surface area (Å²) in [5, 5.41) is 9.81. The molecule has 0 fully saturated rings. The molecule has 20 heavy (non-hydrogen) atoms. The molecule has 0 unspecified atom stereocenters. The molecular weight excluding hydrogens is 252 g/mol. The van der Waals surface area contributed by atoms with E-state index in [1.54, 1.807) is 4.90 Å². The minimum absolute atomic E-state index is 0.00245. The van der Waals surface area contributed by atoms with Gasteiger partial charge in [-0.05, 0) is 32.4 Å². The number of rotatable bonds is 5. The minimum atomic E-state index is 0.00245. The second-order valence-electron chi connectivity index (χ2n) is 4.79. The van der Waals surface area contributed by atoms with E-state index in [-0.39, 0.29) is 12.5 Å². The molecule has 0 spiro atoms. The molecular formula is C16H20N2O2. The van der Waals surface area contributed by atoms with Crippen LogP contribution < -0.4 is 0 Å². The highest BCUT2D eigenvalue weighted by Gasteiger charge is 2.17. The molecule has 1 amide bonds. The fourth-order valence-electron chi connectivity index (χ4n) is 2.32. The predicted octanol–water partition coefficient (Wildman–Crippen LogP) is 2.39. The molecule has 0 saturated heterocycles. The van der Waals surface area contributed by atoms with Gasteiger partial charge in [0.25, 0.3) is 5.91 Å². The zero-order valence-electron chi connectivity index (χ0n) is 12.0. The lowest BCUT2D eigenvalue weighted by molar-refractivity contribution is 0.0756. The molecule has 1 N–H and O–H groups in total. The number of carbonyl (C=O) groups excluding carboxylic acids is 1. The van der Waals surface area contributed by atoms with Crippen molar-refractivity contribution in [1.29, 1.82) is 0 Å². The number of pyridine rings is 1. The van der Waals surface area contributed by atoms with Gasteiger partial charge in [-0.25, -0.2) is 0 Å². The lowest BCUT2D eigenvalue weighted by atomic mass is 10.1. The van der Waals surface area contributed by atoms with Crippen LogP contribution in [0.5, 0.6) is 0 Å². The number of hydrogen-bond acceptors (Lipinski definition) is 3. The van der Waals surface area contributed by atoms with Gasteiger partial charge in [-0.1, -0.05) is 18.2 Å². The summed E-state index contributed by atoms with van der Waals surface area (Å²) in [7, 11) is 0. The number of fused-ring (bicyclic) bond motifs is 1. The zero-order valence-corrected chi connectivity index (χ0v) is 12.0. The Morgan fingerprint density at radius 1 is 1.35 bits per heavy atom. The van der Waals surface area contributed by atoms with Crippen molar-refractivity contribution in [2.24, 2.45) is 0 Å². The maximum Gasteiger partial charge on any atom is 0.254 e. The van der Waals surface area contributed by atoms with Crippen LogP contribution in [0.25, 0.3) is 10.9 Å². The van der Waals surface area contributed by atoms with E-state index in [2.05, 4.69) is 4.98 Å². The fourth-order valence-corrected chi connectivity index (χ4v) is 2.32. The van der Waals surface area contributed by atoms with Gasteiger partial charge in [-0.2, -0.15) is 0 Å². The number of aliphatic hydroxyl groups is 1. The average molecular weight is 272 g/mol. The number of carbonyl (C=O) groups is 1. The van der Waals surface area contributed by atoms with E-state index in [1.807, 2.05) is 44.2 Å². The maximum absolute atomic E-state index is 12.7. The summed E-state index contributed by atoms with van der Waals surface area (Å²) in [4.78, 5) is 18.9. The Labute approximate surface area is 119 Å². The number of para-hydroxylation sites is 1. The van der Waals surface area contributed by atoms with E-state index in [0.717, 1.165) is 16.6 Å². The van der Waals surface area contributed by atoms with Gasteiger partial charge < -0.3 is 10.0 Å². The number of benzene rings is 1. The van der Waals surface area contributed by atoms with Crippen LogP contribution in [0.15, 0.2) is 30.3 Å². The third-order valence-electron chi connectivity index (χ3n) is 3.33. The normalized spacial score (nSPS) is 10.8. The third kappa shape index (κ3) is 2.96. The Morgan fingerprint density at radius 3 is 2.80 bits per heavy atom. The van der Waals surface area contributed by atoms with E-state index in [9.17, 15) is 4.79 Å². The Kier molecular flexibility index (Phi) is 4.69. The first-order valence-electron chi connectivity index (χ1n) is 6.94. The lowest BCUT2D eigenvalue weighted by Crippen LogP contribution is -2.32. The van der Waals surface area contributed by atoms with Crippen LogP contribution in [0.2, 0.25) is 0 Å². The molecule has 0 radical (unpaired) electrons. The van der Waals surface area contributed by atoms with Crippen LogP contribution in [0, 0.1) is 6.92 Å². The molecule has 0 atom stereocenters. The highest BCUT2D eigenvalue weighted by atomic mass is 16.3. The van der Waals surface area contributed by atoms with Gasteiger partial charge in [-0.15, -0.1) is 0 Å². The van der Waals surface area contributed by atoms with Crippen LogP contribution in [-0.2, 0) is 0 Å². The smallest absolute Gasteiger partial charge is 0.254 e. The molecule has 1 aromatic carbocycles. The molecule has 1 heterocycles. The molecule has 4 nitrogen and oxygen atoms in total. The van der Waals surface area contributed by atoms with Crippen molar-refractivity contribution >= 4 is 16.8 Å². The zero-order chi connectivity index (χ0) is 14.5. The SMILES string of the molecule is CCN(CCCO)C(=O)c1cc(C)nc2ccccc12. The van der Waals surface area contributed by atoms with E-state index < -0.39 is 0 Å². The Hall–Kier alpha value is -1.94. The molecule has 0 aliphatic carbocycles. The Bertz CT molecular complexity index is 610. The first kappa shape index (κ1) is 14.5. The van der Waals surface area contributed by atoms with Crippen molar-refractivity contribution in [3.8, 4) is 0 Å². The predicted molar refractivity (Wildman–Crippen MR) is 79.8 cm³/mol. The highest BCUT2D eigenvalue weighted by molar-refractivity contribution is 6.06. The fraction of sp³-hybridized carbons (Fsp3) is 0.375. The quantitative estimate of drug-likeness (QED) is 0.909. The molecule has 4 heteroatoms. The summed E-state index contributed by atoms with van der Waals surface area (Å²) >= 11 is 0. The second-order valence-corrected chi connectivity index (χ2v) is 4.79. The van der Waals surface area contributed by atoms with Crippen molar-refractivity contribution in [1.82, 2.24) is 9.88 Å². The van der Waals surface area contributed by atoms with E-state index >= 15 is 0 Å². The van der Waals surface area contributed by atoms with Crippen LogP contribution >= 0.6 is 0 Å². The summed E-state index contributed by atoms with van der Waals surface area (Å²) in [6.45, 7) is 5.15. The Balaban J connectivity index is 2.42. The largest absolute Gasteiger partial charge is 0.396 e. The van der Waals surface area contributed by atoms with Crippen molar-refractivity contribution in [2.75, 3.05) is 19.7 Å². The molecule has 2 aromatic rings. The van der Waals surface area contributed by atoms with Gasteiger partial charge in [0.05, 0.1) is 11.1 Å². The monoisotopic (exact) mass is 272 g/mol. The molecule has 1 aromatic heterocycles. The van der Waals surface area contributed by atoms with Crippen molar-refractivity contribution in [3.63, 3.8) is 0 Å². The maximum atomic E-state index is 12.7. The standard InChI is InChI=1S/C16H20N2O2/c1-3-18(9-6-10-19)16(20)14-11-12(2)17-15-8-5-4-7-13(14)15/h4-5,7-8,11,19H,3,6,9-10H2,1-2H3. The average Bonchev–Trinajstić information content (AvgIpc) is 2.46. The lowest BCUT2D eigenvalue weighted by Gasteiger charge is -2.21. The number of aryl methyl sites for hydroxylation is 1. The van der Waals surface area contributed by atoms with Gasteiger partial charge in [-0.3, -0.25) is 9.78 Å². The topological polar surface area (TPSA) is 53.4 Å². The first-order valence-corrected chi connectivity index (χ1v) is 6.94. The second kappa shape index (κ2) is 6.48. The molecule has 106 valence electrons. The van der Waals surface area contributed by atoms with Gasteiger partial charge in [0.1, 0.15) is 0 Å².